The smallest absolute Gasteiger partial charge is 0.276 e. The van der Waals surface area contributed by atoms with Crippen LogP contribution in [0.4, 0.5) is 17.2 Å². The van der Waals surface area contributed by atoms with Crippen molar-refractivity contribution in [2.24, 2.45) is 0 Å². The van der Waals surface area contributed by atoms with E-state index in [1.807, 2.05) is 71.6 Å². The third kappa shape index (κ3) is 4.56. The molecule has 5 rings (SSSR count). The Morgan fingerprint density at radius 1 is 0.818 bits per heavy atom. The van der Waals surface area contributed by atoms with Crippen LogP contribution in [-0.4, -0.2) is 65.7 Å². The van der Waals surface area contributed by atoms with Crippen LogP contribution in [0.25, 0.3) is 0 Å². The van der Waals surface area contributed by atoms with Gasteiger partial charge in [0.15, 0.2) is 11.5 Å². The first-order valence-electron chi connectivity index (χ1n) is 11.2. The van der Waals surface area contributed by atoms with Gasteiger partial charge in [-0.2, -0.15) is 0 Å². The average molecular weight is 443 g/mol. The summed E-state index contributed by atoms with van der Waals surface area (Å²) in [5.74, 6) is 0.644. The summed E-state index contributed by atoms with van der Waals surface area (Å²) >= 11 is 0. The van der Waals surface area contributed by atoms with Crippen LogP contribution in [0.2, 0.25) is 0 Å². The number of nitrogens with zero attached hydrogens (tertiary/aromatic N) is 5. The highest BCUT2D eigenvalue weighted by atomic mass is 16.2. The number of amides is 2. The van der Waals surface area contributed by atoms with Crippen molar-refractivity contribution >= 4 is 29.0 Å². The summed E-state index contributed by atoms with van der Waals surface area (Å²) in [6.45, 7) is 3.86. The lowest BCUT2D eigenvalue weighted by Gasteiger charge is -2.37. The predicted molar refractivity (Wildman–Crippen MR) is 127 cm³/mol. The lowest BCUT2D eigenvalue weighted by atomic mass is 10.1. The summed E-state index contributed by atoms with van der Waals surface area (Å²) in [6.07, 6.45) is 0.846. The normalized spacial score (nSPS) is 19.0. The van der Waals surface area contributed by atoms with E-state index in [2.05, 4.69) is 25.3 Å². The van der Waals surface area contributed by atoms with Crippen molar-refractivity contribution in [2.75, 3.05) is 47.8 Å². The molecule has 0 bridgehead atoms. The van der Waals surface area contributed by atoms with Gasteiger partial charge in [-0.1, -0.05) is 36.4 Å². The van der Waals surface area contributed by atoms with Crippen LogP contribution in [0.5, 0.6) is 0 Å². The molecule has 8 heteroatoms. The van der Waals surface area contributed by atoms with E-state index in [-0.39, 0.29) is 23.6 Å². The van der Waals surface area contributed by atoms with Gasteiger partial charge >= 0.3 is 0 Å². The van der Waals surface area contributed by atoms with Gasteiger partial charge in [0.05, 0.1) is 6.04 Å². The quantitative estimate of drug-likeness (QED) is 0.654. The van der Waals surface area contributed by atoms with Crippen LogP contribution in [0.15, 0.2) is 72.8 Å². The zero-order valence-electron chi connectivity index (χ0n) is 18.3. The average Bonchev–Trinajstić information content (AvgIpc) is 3.26. The number of anilines is 3. The third-order valence-corrected chi connectivity index (χ3v) is 6.24. The third-order valence-electron chi connectivity index (χ3n) is 6.24. The van der Waals surface area contributed by atoms with E-state index < -0.39 is 0 Å². The molecule has 0 spiro atoms. The number of carbonyl (C=O) groups is 2. The fraction of sp³-hybridized carbons (Fsp3) is 0.280. The van der Waals surface area contributed by atoms with Gasteiger partial charge < -0.3 is 15.1 Å². The zero-order chi connectivity index (χ0) is 22.6. The summed E-state index contributed by atoms with van der Waals surface area (Å²) in [6, 6.07) is 22.6. The number of nitrogens with one attached hydrogen (secondary N) is 1. The maximum Gasteiger partial charge on any atom is 0.276 e. The Balaban J connectivity index is 1.16. The first-order valence-corrected chi connectivity index (χ1v) is 11.2. The number of rotatable bonds is 5. The Morgan fingerprint density at radius 3 is 2.18 bits per heavy atom. The van der Waals surface area contributed by atoms with Gasteiger partial charge in [0, 0.05) is 44.1 Å². The summed E-state index contributed by atoms with van der Waals surface area (Å²) in [5.41, 5.74) is 1.96. The monoisotopic (exact) mass is 442 g/mol. The van der Waals surface area contributed by atoms with Crippen LogP contribution >= 0.6 is 0 Å². The molecule has 1 atom stereocenters. The molecule has 2 fully saturated rings. The molecule has 1 unspecified atom stereocenters. The Morgan fingerprint density at radius 2 is 1.52 bits per heavy atom. The van der Waals surface area contributed by atoms with E-state index in [1.54, 1.807) is 6.07 Å². The minimum absolute atomic E-state index is 0.0671. The van der Waals surface area contributed by atoms with E-state index in [0.29, 0.717) is 0 Å². The van der Waals surface area contributed by atoms with E-state index in [0.717, 1.165) is 56.3 Å². The molecule has 2 aromatic carbocycles. The Kier molecular flexibility index (Phi) is 5.99. The maximum atomic E-state index is 13.0. The number of hydrogen-bond donors (Lipinski definition) is 1. The summed E-state index contributed by atoms with van der Waals surface area (Å²) in [5, 5.41) is 11.2. The van der Waals surface area contributed by atoms with Gasteiger partial charge in [0.25, 0.3) is 5.91 Å². The van der Waals surface area contributed by atoms with Crippen molar-refractivity contribution in [1.82, 2.24) is 15.1 Å². The lowest BCUT2D eigenvalue weighted by Crippen LogP contribution is -2.52. The molecule has 2 amide bonds. The van der Waals surface area contributed by atoms with Crippen LogP contribution < -0.4 is 15.1 Å². The summed E-state index contributed by atoms with van der Waals surface area (Å²) in [4.78, 5) is 31.7. The van der Waals surface area contributed by atoms with E-state index in [1.165, 1.54) is 0 Å². The molecule has 0 aliphatic carbocycles. The van der Waals surface area contributed by atoms with Gasteiger partial charge in [0.1, 0.15) is 0 Å². The summed E-state index contributed by atoms with van der Waals surface area (Å²) < 4.78 is 0. The number of para-hydroxylation sites is 2. The van der Waals surface area contributed by atoms with Crippen LogP contribution in [-0.2, 0) is 4.79 Å². The van der Waals surface area contributed by atoms with Gasteiger partial charge in [-0.25, -0.2) is 0 Å². The topological polar surface area (TPSA) is 81.7 Å². The van der Waals surface area contributed by atoms with Gasteiger partial charge in [0.2, 0.25) is 5.91 Å². The number of aromatic nitrogens is 2. The molecule has 8 nitrogen and oxygen atoms in total. The molecule has 1 aromatic heterocycles. The Bertz CT molecular complexity index is 1100. The number of hydrogen-bond acceptors (Lipinski definition) is 6. The van der Waals surface area contributed by atoms with Crippen LogP contribution in [0, 0.1) is 0 Å². The van der Waals surface area contributed by atoms with E-state index in [4.69, 9.17) is 0 Å². The van der Waals surface area contributed by atoms with Crippen LogP contribution in [0.3, 0.4) is 0 Å². The van der Waals surface area contributed by atoms with Crippen molar-refractivity contribution < 1.29 is 9.59 Å². The maximum absolute atomic E-state index is 13.0. The first-order chi connectivity index (χ1) is 16.2. The predicted octanol–water partition coefficient (Wildman–Crippen LogP) is 2.66. The van der Waals surface area contributed by atoms with Crippen molar-refractivity contribution in [1.29, 1.82) is 0 Å². The fourth-order valence-corrected chi connectivity index (χ4v) is 4.46. The second-order valence-electron chi connectivity index (χ2n) is 8.25. The number of piperazine rings is 1. The molecule has 2 aliphatic rings. The van der Waals surface area contributed by atoms with Crippen molar-refractivity contribution in [3.05, 3.63) is 78.5 Å². The van der Waals surface area contributed by atoms with Gasteiger partial charge in [-0.15, -0.1) is 10.2 Å². The number of benzene rings is 2. The van der Waals surface area contributed by atoms with Crippen molar-refractivity contribution in [3.8, 4) is 0 Å². The fourth-order valence-electron chi connectivity index (χ4n) is 4.46. The molecule has 168 valence electrons. The van der Waals surface area contributed by atoms with Crippen molar-refractivity contribution in [3.63, 3.8) is 0 Å². The molecule has 0 radical (unpaired) electrons. The van der Waals surface area contributed by atoms with Gasteiger partial charge in [-0.3, -0.25) is 14.5 Å². The summed E-state index contributed by atoms with van der Waals surface area (Å²) in [7, 11) is 0. The molecule has 33 heavy (non-hydrogen) atoms. The van der Waals surface area contributed by atoms with Crippen LogP contribution in [0.1, 0.15) is 16.9 Å². The molecule has 1 N–H and O–H groups in total. The molecule has 2 saturated heterocycles. The SMILES string of the molecule is O=C(Nc1ccccc1)c1ccc(N2CCN(C3CCN(c4ccccc4)C3=O)CC2)nn1. The highest BCUT2D eigenvalue weighted by Gasteiger charge is 2.37. The van der Waals surface area contributed by atoms with E-state index in [9.17, 15) is 9.59 Å². The first kappa shape index (κ1) is 21.1. The molecule has 2 aliphatic heterocycles. The van der Waals surface area contributed by atoms with Crippen molar-refractivity contribution in [2.45, 2.75) is 12.5 Å². The highest BCUT2D eigenvalue weighted by Crippen LogP contribution is 2.25. The standard InChI is InChI=1S/C25H26N6O2/c32-24(26-19-7-3-1-4-8-19)21-11-12-23(28-27-21)30-17-15-29(16-18-30)22-13-14-31(25(22)33)20-9-5-2-6-10-20/h1-12,22H,13-18H2,(H,26,32). The minimum Gasteiger partial charge on any atom is -0.353 e. The zero-order valence-corrected chi connectivity index (χ0v) is 18.3. The second kappa shape index (κ2) is 9.38. The lowest BCUT2D eigenvalue weighted by molar-refractivity contribution is -0.121. The van der Waals surface area contributed by atoms with Gasteiger partial charge in [-0.05, 0) is 42.8 Å². The Hall–Kier alpha value is -3.78. The highest BCUT2D eigenvalue weighted by molar-refractivity contribution is 6.02. The Labute approximate surface area is 192 Å². The minimum atomic E-state index is -0.284. The number of carbonyl (C=O) groups excluding carboxylic acids is 2. The molecular formula is C25H26N6O2. The molecule has 0 saturated carbocycles. The molecular weight excluding hydrogens is 416 g/mol. The van der Waals surface area contributed by atoms with E-state index >= 15 is 0 Å². The largest absolute Gasteiger partial charge is 0.353 e. The second-order valence-corrected chi connectivity index (χ2v) is 8.25. The molecule has 3 heterocycles. The molecule has 3 aromatic rings.